The maximum Gasteiger partial charge on any atom is 0 e. The van der Waals surface area contributed by atoms with Crippen molar-refractivity contribution in [1.29, 1.82) is 0 Å². The summed E-state index contributed by atoms with van der Waals surface area (Å²) in [6, 6.07) is 0. The van der Waals surface area contributed by atoms with Crippen molar-refractivity contribution in [2.24, 2.45) is 0 Å². The molecule has 0 aliphatic rings. The fourth-order valence-electron chi connectivity index (χ4n) is 0.0340. The van der Waals surface area contributed by atoms with Gasteiger partial charge in [0, 0.05) is 32.7 Å². The van der Waals surface area contributed by atoms with Crippen LogP contribution in [-0.4, -0.2) is 6.29 Å². The minimum atomic E-state index is 0. The van der Waals surface area contributed by atoms with Crippen LogP contribution in [0.15, 0.2) is 11.4 Å². The third-order valence-electron chi connectivity index (χ3n) is 0.411. The first-order valence-electron chi connectivity index (χ1n) is 1.58. The van der Waals surface area contributed by atoms with Gasteiger partial charge in [0.25, 0.3) is 0 Å². The Hall–Kier alpha value is 0.944. The van der Waals surface area contributed by atoms with E-state index >= 15 is 0 Å². The molecule has 7 heavy (non-hydrogen) atoms. The summed E-state index contributed by atoms with van der Waals surface area (Å²) in [5.41, 5.74) is 0.625. The van der Waals surface area contributed by atoms with Gasteiger partial charge in [-0.15, -0.1) is 0 Å². The van der Waals surface area contributed by atoms with Gasteiger partial charge < -0.3 is 4.79 Å². The van der Waals surface area contributed by atoms with Crippen LogP contribution in [0.1, 0.15) is 6.92 Å². The summed E-state index contributed by atoms with van der Waals surface area (Å²) in [5, 5.41) is 0. The maximum atomic E-state index is 9.53. The van der Waals surface area contributed by atoms with Crippen molar-refractivity contribution in [3.8, 4) is 0 Å². The fourth-order valence-corrected chi connectivity index (χ4v) is 0.102. The summed E-state index contributed by atoms with van der Waals surface area (Å²) in [4.78, 5) is 9.53. The Morgan fingerprint density at radius 2 is 2.29 bits per heavy atom. The topological polar surface area (TPSA) is 17.1 Å². The third kappa shape index (κ3) is 6.94. The van der Waals surface area contributed by atoms with Gasteiger partial charge in [-0.25, -0.2) is 15.1 Å². The van der Waals surface area contributed by atoms with Gasteiger partial charge in [0.2, 0.25) is 0 Å². The molecule has 0 heterocycles. The van der Waals surface area contributed by atoms with Crippen LogP contribution in [0.2, 0.25) is 0 Å². The van der Waals surface area contributed by atoms with Crippen molar-refractivity contribution in [1.82, 2.24) is 0 Å². The standard InChI is InChI=1S/C4H6OP.Y/c1-4(2-5)3-6;/h3H,6H2,1H3;/q-1;/b4-3+;. The molecule has 3 heteroatoms. The zero-order chi connectivity index (χ0) is 4.99. The first-order chi connectivity index (χ1) is 2.81. The Bertz CT molecular complexity index is 79.8. The van der Waals surface area contributed by atoms with Gasteiger partial charge in [0.1, 0.15) is 0 Å². The number of hydrogen-bond acceptors (Lipinski definition) is 1. The van der Waals surface area contributed by atoms with Crippen molar-refractivity contribution < 1.29 is 37.5 Å². The number of carbonyl (C=O) groups excluding carboxylic acids is 1. The van der Waals surface area contributed by atoms with Gasteiger partial charge in [0.15, 0.2) is 0 Å². The quantitative estimate of drug-likeness (QED) is 0.340. The summed E-state index contributed by atoms with van der Waals surface area (Å²) in [7, 11) is 2.31. The van der Waals surface area contributed by atoms with Crippen molar-refractivity contribution in [3.05, 3.63) is 11.4 Å². The van der Waals surface area contributed by atoms with Gasteiger partial charge >= 0.3 is 0 Å². The van der Waals surface area contributed by atoms with Crippen LogP contribution in [0.5, 0.6) is 0 Å². The predicted molar refractivity (Wildman–Crippen MR) is 29.2 cm³/mol. The smallest absolute Gasteiger partial charge is 0 e. The van der Waals surface area contributed by atoms with E-state index in [0.717, 1.165) is 0 Å². The molecule has 0 spiro atoms. The van der Waals surface area contributed by atoms with Gasteiger partial charge in [-0.3, -0.25) is 0 Å². The molecule has 0 aromatic carbocycles. The predicted octanol–water partition coefficient (Wildman–Crippen LogP) is 0.872. The van der Waals surface area contributed by atoms with Crippen LogP contribution in [0, 0.1) is 0 Å². The van der Waals surface area contributed by atoms with E-state index in [1.165, 1.54) is 0 Å². The molecule has 1 radical (unpaired) electrons. The molecule has 1 unspecified atom stereocenters. The largest absolute Gasteiger partial charge is 0.419 e. The van der Waals surface area contributed by atoms with Crippen molar-refractivity contribution in [3.63, 3.8) is 0 Å². The van der Waals surface area contributed by atoms with Gasteiger partial charge in [-0.05, 0) is 6.29 Å². The molecule has 0 aliphatic heterocycles. The van der Waals surface area contributed by atoms with Crippen LogP contribution in [0.25, 0.3) is 0 Å². The van der Waals surface area contributed by atoms with Crippen molar-refractivity contribution in [2.45, 2.75) is 6.92 Å². The third-order valence-corrected chi connectivity index (χ3v) is 0.911. The molecule has 0 fully saturated rings. The van der Waals surface area contributed by atoms with Crippen LogP contribution < -0.4 is 0 Å². The number of allylic oxidation sites excluding steroid dienone is 1. The van der Waals surface area contributed by atoms with Crippen LogP contribution in [-0.2, 0) is 37.5 Å². The molecule has 0 amide bonds. The summed E-state index contributed by atoms with van der Waals surface area (Å²) in [6.45, 7) is 1.69. The average Bonchev–Trinajstić information content (AvgIpc) is 1.65. The van der Waals surface area contributed by atoms with E-state index in [1.54, 1.807) is 19.0 Å². The average molecular weight is 190 g/mol. The normalized spacial score (nSPS) is 9.71. The Kier molecular flexibility index (Phi) is 10.8. The number of rotatable bonds is 1. The second kappa shape index (κ2) is 6.94. The molecular formula is C4H6OPY-. The fraction of sp³-hybridized carbons (Fsp3) is 0.250. The molecule has 37 valence electrons. The second-order valence-electron chi connectivity index (χ2n) is 0.952. The van der Waals surface area contributed by atoms with E-state index in [2.05, 4.69) is 9.24 Å². The molecule has 0 aromatic heterocycles. The molecule has 0 rings (SSSR count). The Morgan fingerprint density at radius 1 is 1.86 bits per heavy atom. The maximum absolute atomic E-state index is 9.53. The molecule has 0 aromatic rings. The Morgan fingerprint density at radius 3 is 2.29 bits per heavy atom. The van der Waals surface area contributed by atoms with E-state index in [1.807, 2.05) is 0 Å². The monoisotopic (exact) mass is 190 g/mol. The van der Waals surface area contributed by atoms with Crippen LogP contribution in [0.3, 0.4) is 0 Å². The summed E-state index contributed by atoms with van der Waals surface area (Å²) < 4.78 is 0. The molecule has 0 saturated carbocycles. The second-order valence-corrected chi connectivity index (χ2v) is 1.29. The van der Waals surface area contributed by atoms with E-state index in [0.29, 0.717) is 5.57 Å². The van der Waals surface area contributed by atoms with E-state index in [4.69, 9.17) is 0 Å². The van der Waals surface area contributed by atoms with E-state index in [-0.39, 0.29) is 32.7 Å². The Labute approximate surface area is 71.0 Å². The molecule has 0 bridgehead atoms. The minimum absolute atomic E-state index is 0. The van der Waals surface area contributed by atoms with Crippen molar-refractivity contribution >= 4 is 15.5 Å². The summed E-state index contributed by atoms with van der Waals surface area (Å²) in [6.07, 6.45) is 1.70. The summed E-state index contributed by atoms with van der Waals surface area (Å²) in [5.74, 6) is 1.63. The van der Waals surface area contributed by atoms with E-state index < -0.39 is 0 Å². The molecule has 0 saturated heterocycles. The summed E-state index contributed by atoms with van der Waals surface area (Å²) >= 11 is 0. The number of hydrogen-bond donors (Lipinski definition) is 0. The van der Waals surface area contributed by atoms with Gasteiger partial charge in [0.05, 0.1) is 0 Å². The zero-order valence-electron chi connectivity index (χ0n) is 4.14. The minimum Gasteiger partial charge on any atom is -0.419 e. The van der Waals surface area contributed by atoms with Gasteiger partial charge in [-0.1, -0.05) is 6.92 Å². The first-order valence-corrected chi connectivity index (χ1v) is 2.24. The molecule has 1 atom stereocenters. The van der Waals surface area contributed by atoms with Crippen molar-refractivity contribution in [2.75, 3.05) is 0 Å². The van der Waals surface area contributed by atoms with Gasteiger partial charge in [-0.2, -0.15) is 5.57 Å². The molecule has 1 nitrogen and oxygen atoms in total. The molecular weight excluding hydrogens is 184 g/mol. The molecule has 0 aliphatic carbocycles. The SMILES string of the molecule is C/C([C-]=O)=C\P.[Y]. The molecule has 0 N–H and O–H groups in total. The van der Waals surface area contributed by atoms with Crippen LogP contribution >= 0.6 is 9.24 Å². The van der Waals surface area contributed by atoms with E-state index in [9.17, 15) is 4.79 Å². The zero-order valence-corrected chi connectivity index (χ0v) is 8.13. The first kappa shape index (κ1) is 10.8. The Balaban J connectivity index is 0. The van der Waals surface area contributed by atoms with Crippen LogP contribution in [0.4, 0.5) is 0 Å².